The number of hydrogen-bond donors (Lipinski definition) is 1. The number of sulfonamides is 1. The van der Waals surface area contributed by atoms with Crippen LogP contribution in [0.2, 0.25) is 0 Å². The summed E-state index contributed by atoms with van der Waals surface area (Å²) in [5, 5.41) is 0. The van der Waals surface area contributed by atoms with Crippen LogP contribution in [0.15, 0.2) is 58.4 Å². The van der Waals surface area contributed by atoms with Crippen molar-refractivity contribution < 1.29 is 22.7 Å². The highest BCUT2D eigenvalue weighted by Gasteiger charge is 2.30. The number of nitrogens with one attached hydrogen (secondary N) is 1. The number of aryl methyl sites for hydroxylation is 1. The number of benzene rings is 2. The van der Waals surface area contributed by atoms with Crippen molar-refractivity contribution in [3.05, 3.63) is 65.2 Å². The minimum absolute atomic E-state index is 0.0838. The van der Waals surface area contributed by atoms with Gasteiger partial charge in [-0.05, 0) is 30.2 Å². The lowest BCUT2D eigenvalue weighted by molar-refractivity contribution is -0.150. The van der Waals surface area contributed by atoms with Gasteiger partial charge in [0, 0.05) is 19.2 Å². The summed E-state index contributed by atoms with van der Waals surface area (Å²) in [6.45, 7) is 1.56. The number of carbonyl (C=O) groups excluding carboxylic acids is 2. The zero-order valence-electron chi connectivity index (χ0n) is 16.1. The summed E-state index contributed by atoms with van der Waals surface area (Å²) >= 11 is 0. The van der Waals surface area contributed by atoms with Crippen LogP contribution in [0.4, 0.5) is 0 Å². The van der Waals surface area contributed by atoms with E-state index in [0.29, 0.717) is 12.1 Å². The van der Waals surface area contributed by atoms with Crippen molar-refractivity contribution in [3.63, 3.8) is 0 Å². The molecular formula is C20H21N3O5S. The standard InChI is InChI=1S/C20H21N3O5S/c1-14-7-3-4-8-15(14)12-23(2)18(24)13-28-19(25)11-21-20-16-9-5-6-10-17(16)29(26,27)22-20/h3-10H,11-13H2,1-2H3,(H,21,22). The molecule has 2 aromatic rings. The van der Waals surface area contributed by atoms with E-state index >= 15 is 0 Å². The maximum absolute atomic E-state index is 12.2. The van der Waals surface area contributed by atoms with Gasteiger partial charge in [0.1, 0.15) is 12.4 Å². The normalized spacial score (nSPS) is 15.4. The van der Waals surface area contributed by atoms with Crippen LogP contribution in [0.3, 0.4) is 0 Å². The van der Waals surface area contributed by atoms with E-state index in [1.165, 1.54) is 11.0 Å². The smallest absolute Gasteiger partial charge is 0.328 e. The number of amidine groups is 1. The van der Waals surface area contributed by atoms with Crippen LogP contribution in [0, 0.1) is 6.92 Å². The molecule has 2 aromatic carbocycles. The predicted octanol–water partition coefficient (Wildman–Crippen LogP) is 1.24. The molecule has 1 heterocycles. The first-order valence-electron chi connectivity index (χ1n) is 8.88. The van der Waals surface area contributed by atoms with Crippen molar-refractivity contribution in [2.75, 3.05) is 20.2 Å². The molecular weight excluding hydrogens is 394 g/mol. The fraction of sp³-hybridized carbons (Fsp3) is 0.250. The van der Waals surface area contributed by atoms with Gasteiger partial charge in [0.05, 0.1) is 4.90 Å². The molecule has 0 saturated carbocycles. The fourth-order valence-corrected chi connectivity index (χ4v) is 4.08. The molecule has 0 aromatic heterocycles. The van der Waals surface area contributed by atoms with Gasteiger partial charge in [-0.1, -0.05) is 36.4 Å². The molecule has 0 bridgehead atoms. The second-order valence-corrected chi connectivity index (χ2v) is 8.25. The maximum Gasteiger partial charge on any atom is 0.328 e. The molecule has 3 rings (SSSR count). The van der Waals surface area contributed by atoms with Gasteiger partial charge in [0.25, 0.3) is 15.9 Å². The third-order valence-electron chi connectivity index (χ3n) is 4.48. The van der Waals surface area contributed by atoms with Gasteiger partial charge in [0.15, 0.2) is 6.61 Å². The number of aliphatic imine (C=N–C) groups is 1. The van der Waals surface area contributed by atoms with E-state index in [2.05, 4.69) is 9.71 Å². The molecule has 152 valence electrons. The third-order valence-corrected chi connectivity index (χ3v) is 5.88. The summed E-state index contributed by atoms with van der Waals surface area (Å²) in [4.78, 5) is 29.7. The average Bonchev–Trinajstić information content (AvgIpc) is 2.97. The van der Waals surface area contributed by atoms with Crippen LogP contribution in [-0.2, 0) is 30.9 Å². The number of nitrogens with zero attached hydrogens (tertiary/aromatic N) is 2. The largest absolute Gasteiger partial charge is 0.454 e. The first-order chi connectivity index (χ1) is 13.8. The van der Waals surface area contributed by atoms with Gasteiger partial charge in [-0.25, -0.2) is 8.42 Å². The number of esters is 1. The summed E-state index contributed by atoms with van der Waals surface area (Å²) < 4.78 is 31.3. The molecule has 0 aliphatic carbocycles. The van der Waals surface area contributed by atoms with Crippen molar-refractivity contribution in [2.45, 2.75) is 18.4 Å². The molecule has 0 radical (unpaired) electrons. The van der Waals surface area contributed by atoms with E-state index in [4.69, 9.17) is 4.74 Å². The van der Waals surface area contributed by atoms with Crippen LogP contribution in [0.1, 0.15) is 16.7 Å². The molecule has 0 saturated heterocycles. The Balaban J connectivity index is 1.53. The van der Waals surface area contributed by atoms with Gasteiger partial charge < -0.3 is 9.64 Å². The van der Waals surface area contributed by atoms with Gasteiger partial charge in [-0.2, -0.15) is 0 Å². The summed E-state index contributed by atoms with van der Waals surface area (Å²) in [6.07, 6.45) is 0. The molecule has 9 heteroatoms. The SMILES string of the molecule is Cc1ccccc1CN(C)C(=O)COC(=O)CN=C1NS(=O)(=O)c2ccccc21. The Kier molecular flexibility index (Phi) is 5.97. The maximum atomic E-state index is 12.2. The van der Waals surface area contributed by atoms with Crippen molar-refractivity contribution in [3.8, 4) is 0 Å². The predicted molar refractivity (Wildman–Crippen MR) is 107 cm³/mol. The Labute approximate surface area is 169 Å². The molecule has 1 aliphatic rings. The van der Waals surface area contributed by atoms with Gasteiger partial charge in [-0.15, -0.1) is 0 Å². The summed E-state index contributed by atoms with van der Waals surface area (Å²) in [7, 11) is -2.03. The lowest BCUT2D eigenvalue weighted by Gasteiger charge is -2.18. The van der Waals surface area contributed by atoms with E-state index in [9.17, 15) is 18.0 Å². The lowest BCUT2D eigenvalue weighted by Crippen LogP contribution is -2.31. The molecule has 8 nitrogen and oxygen atoms in total. The van der Waals surface area contributed by atoms with E-state index < -0.39 is 29.1 Å². The van der Waals surface area contributed by atoms with Crippen molar-refractivity contribution >= 4 is 27.7 Å². The van der Waals surface area contributed by atoms with Crippen LogP contribution in [0.25, 0.3) is 0 Å². The van der Waals surface area contributed by atoms with Gasteiger partial charge in [-0.3, -0.25) is 19.3 Å². The number of hydrogen-bond acceptors (Lipinski definition) is 6. The molecule has 29 heavy (non-hydrogen) atoms. The van der Waals surface area contributed by atoms with E-state index in [-0.39, 0.29) is 16.6 Å². The summed E-state index contributed by atoms with van der Waals surface area (Å²) in [5.41, 5.74) is 2.47. The monoisotopic (exact) mass is 415 g/mol. The van der Waals surface area contributed by atoms with Crippen molar-refractivity contribution in [1.82, 2.24) is 9.62 Å². The highest BCUT2D eigenvalue weighted by Crippen LogP contribution is 2.22. The Bertz CT molecular complexity index is 1080. The Morgan fingerprint density at radius 2 is 1.79 bits per heavy atom. The van der Waals surface area contributed by atoms with Crippen LogP contribution in [0.5, 0.6) is 0 Å². The Morgan fingerprint density at radius 3 is 2.55 bits per heavy atom. The topological polar surface area (TPSA) is 105 Å². The number of likely N-dealkylation sites (N-methyl/N-ethyl adjacent to an activating group) is 1. The molecule has 1 N–H and O–H groups in total. The van der Waals surface area contributed by atoms with Crippen molar-refractivity contribution in [1.29, 1.82) is 0 Å². The summed E-state index contributed by atoms with van der Waals surface area (Å²) in [5.74, 6) is -0.986. The van der Waals surface area contributed by atoms with Crippen LogP contribution >= 0.6 is 0 Å². The highest BCUT2D eigenvalue weighted by molar-refractivity contribution is 7.90. The highest BCUT2D eigenvalue weighted by atomic mass is 32.2. The van der Waals surface area contributed by atoms with Gasteiger partial charge >= 0.3 is 5.97 Å². The molecule has 0 fully saturated rings. The van der Waals surface area contributed by atoms with E-state index in [1.54, 1.807) is 25.2 Å². The zero-order valence-corrected chi connectivity index (χ0v) is 16.9. The number of amides is 1. The van der Waals surface area contributed by atoms with Crippen molar-refractivity contribution in [2.24, 2.45) is 4.99 Å². The third kappa shape index (κ3) is 4.80. The Hall–Kier alpha value is -3.20. The second kappa shape index (κ2) is 8.44. The minimum Gasteiger partial charge on any atom is -0.454 e. The summed E-state index contributed by atoms with van der Waals surface area (Å²) in [6, 6.07) is 14.1. The fourth-order valence-electron chi connectivity index (χ4n) is 2.82. The molecule has 1 amide bonds. The van der Waals surface area contributed by atoms with Gasteiger partial charge in [0.2, 0.25) is 0 Å². The number of fused-ring (bicyclic) bond motifs is 1. The molecule has 1 aliphatic heterocycles. The quantitative estimate of drug-likeness (QED) is 0.715. The van der Waals surface area contributed by atoms with E-state index in [0.717, 1.165) is 11.1 Å². The zero-order chi connectivity index (χ0) is 21.0. The lowest BCUT2D eigenvalue weighted by atomic mass is 10.1. The van der Waals surface area contributed by atoms with Crippen LogP contribution in [-0.4, -0.2) is 51.2 Å². The molecule has 0 unspecified atom stereocenters. The molecule has 0 atom stereocenters. The van der Waals surface area contributed by atoms with Crippen LogP contribution < -0.4 is 4.72 Å². The second-order valence-electron chi connectivity index (χ2n) is 6.60. The Morgan fingerprint density at radius 1 is 1.10 bits per heavy atom. The number of carbonyl (C=O) groups is 2. The number of ether oxygens (including phenoxy) is 1. The number of rotatable bonds is 6. The minimum atomic E-state index is -3.67. The average molecular weight is 415 g/mol. The van der Waals surface area contributed by atoms with E-state index in [1.807, 2.05) is 31.2 Å². The molecule has 0 spiro atoms. The first-order valence-corrected chi connectivity index (χ1v) is 10.4. The first kappa shape index (κ1) is 20.5.